The van der Waals surface area contributed by atoms with Crippen molar-refractivity contribution in [3.05, 3.63) is 34.3 Å². The third kappa shape index (κ3) is 3.99. The van der Waals surface area contributed by atoms with E-state index >= 15 is 0 Å². The van der Waals surface area contributed by atoms with Crippen LogP contribution in [0, 0.1) is 18.8 Å². The largest absolute Gasteiger partial charge is 0.390 e. The van der Waals surface area contributed by atoms with Crippen LogP contribution in [0.3, 0.4) is 0 Å². The van der Waals surface area contributed by atoms with Gasteiger partial charge in [0.2, 0.25) is 0 Å². The van der Waals surface area contributed by atoms with Gasteiger partial charge in [-0.15, -0.1) is 0 Å². The van der Waals surface area contributed by atoms with Gasteiger partial charge in [-0.1, -0.05) is 50.4 Å². The van der Waals surface area contributed by atoms with Crippen molar-refractivity contribution in [3.63, 3.8) is 0 Å². The zero-order chi connectivity index (χ0) is 14.8. The molecule has 2 unspecified atom stereocenters. The summed E-state index contributed by atoms with van der Waals surface area (Å²) in [7, 11) is 0. The van der Waals surface area contributed by atoms with Gasteiger partial charge in [-0.05, 0) is 55.2 Å². The Bertz CT molecular complexity index is 455. The Kier molecular flexibility index (Phi) is 5.14. The van der Waals surface area contributed by atoms with Crippen LogP contribution in [0.4, 0.5) is 0 Å². The Balaban J connectivity index is 2.07. The van der Waals surface area contributed by atoms with Crippen molar-refractivity contribution in [3.8, 4) is 0 Å². The van der Waals surface area contributed by atoms with Crippen LogP contribution in [0.5, 0.6) is 0 Å². The molecule has 20 heavy (non-hydrogen) atoms. The average Bonchev–Trinajstić information content (AvgIpc) is 2.55. The lowest BCUT2D eigenvalue weighted by atomic mass is 9.85. The zero-order valence-electron chi connectivity index (χ0n) is 13.0. The third-order valence-electron chi connectivity index (χ3n) is 4.87. The minimum Gasteiger partial charge on any atom is -0.390 e. The Hall–Kier alpha value is -0.530. The summed E-state index contributed by atoms with van der Waals surface area (Å²) >= 11 is 6.32. The lowest BCUT2D eigenvalue weighted by Crippen LogP contribution is -2.31. The minimum absolute atomic E-state index is 0.567. The molecule has 0 aromatic heterocycles. The summed E-state index contributed by atoms with van der Waals surface area (Å²) in [6, 6.07) is 6.15. The molecule has 1 saturated carbocycles. The van der Waals surface area contributed by atoms with Crippen LogP contribution in [-0.4, -0.2) is 10.7 Å². The molecule has 0 aliphatic heterocycles. The summed E-state index contributed by atoms with van der Waals surface area (Å²) in [5, 5.41) is 11.7. The predicted octanol–water partition coefficient (Wildman–Crippen LogP) is 5.16. The smallest absolute Gasteiger partial charge is 0.0688 e. The molecule has 0 radical (unpaired) electrons. The molecular weight excluding hydrogens is 268 g/mol. The Labute approximate surface area is 128 Å². The molecule has 0 heterocycles. The van der Waals surface area contributed by atoms with E-state index < -0.39 is 5.60 Å². The highest BCUT2D eigenvalue weighted by Crippen LogP contribution is 2.36. The summed E-state index contributed by atoms with van der Waals surface area (Å²) in [5.74, 6) is 1.48. The zero-order valence-corrected chi connectivity index (χ0v) is 13.7. The molecule has 0 bridgehead atoms. The number of aryl methyl sites for hydroxylation is 1. The monoisotopic (exact) mass is 294 g/mol. The fourth-order valence-corrected chi connectivity index (χ4v) is 3.71. The summed E-state index contributed by atoms with van der Waals surface area (Å²) in [5.41, 5.74) is 1.69. The van der Waals surface area contributed by atoms with Gasteiger partial charge in [-0.25, -0.2) is 0 Å². The first kappa shape index (κ1) is 15.9. The molecule has 1 aliphatic rings. The summed E-state index contributed by atoms with van der Waals surface area (Å²) in [4.78, 5) is 0. The lowest BCUT2D eigenvalue weighted by molar-refractivity contribution is 0.0237. The minimum atomic E-state index is -0.567. The van der Waals surface area contributed by atoms with E-state index in [1.165, 1.54) is 12.0 Å². The van der Waals surface area contributed by atoms with Crippen molar-refractivity contribution in [1.29, 1.82) is 0 Å². The van der Waals surface area contributed by atoms with E-state index in [4.69, 9.17) is 11.6 Å². The highest BCUT2D eigenvalue weighted by atomic mass is 35.5. The Morgan fingerprint density at radius 1 is 1.30 bits per heavy atom. The van der Waals surface area contributed by atoms with Crippen molar-refractivity contribution in [1.82, 2.24) is 0 Å². The summed E-state index contributed by atoms with van der Waals surface area (Å²) in [6.07, 6.45) is 6.01. The molecule has 0 saturated heterocycles. The summed E-state index contributed by atoms with van der Waals surface area (Å²) < 4.78 is 0. The maximum absolute atomic E-state index is 10.9. The predicted molar refractivity (Wildman–Crippen MR) is 86.3 cm³/mol. The molecule has 1 aromatic rings. The average molecular weight is 295 g/mol. The van der Waals surface area contributed by atoms with Gasteiger partial charge in [-0.3, -0.25) is 0 Å². The lowest BCUT2D eigenvalue weighted by Gasteiger charge is -2.27. The first-order chi connectivity index (χ1) is 9.39. The van der Waals surface area contributed by atoms with E-state index in [2.05, 4.69) is 26.0 Å². The van der Waals surface area contributed by atoms with Crippen LogP contribution >= 0.6 is 11.6 Å². The van der Waals surface area contributed by atoms with E-state index in [0.29, 0.717) is 6.42 Å². The highest BCUT2D eigenvalue weighted by molar-refractivity contribution is 6.31. The van der Waals surface area contributed by atoms with Crippen LogP contribution in [-0.2, 0) is 6.42 Å². The fourth-order valence-electron chi connectivity index (χ4n) is 3.41. The van der Waals surface area contributed by atoms with E-state index in [9.17, 15) is 5.11 Å². The molecule has 1 aliphatic carbocycles. The number of hydrogen-bond acceptors (Lipinski definition) is 1. The molecule has 0 amide bonds. The normalized spacial score (nSPS) is 27.6. The number of hydrogen-bond donors (Lipinski definition) is 1. The van der Waals surface area contributed by atoms with E-state index in [0.717, 1.165) is 48.1 Å². The second-order valence-electron chi connectivity index (χ2n) is 6.93. The van der Waals surface area contributed by atoms with E-state index in [1.807, 2.05) is 13.0 Å². The molecule has 1 aromatic carbocycles. The molecule has 2 heteroatoms. The quantitative estimate of drug-likeness (QED) is 0.764. The molecule has 1 fully saturated rings. The molecule has 2 atom stereocenters. The molecular formula is C18H27ClO. The van der Waals surface area contributed by atoms with Gasteiger partial charge in [0.05, 0.1) is 5.60 Å². The molecule has 1 nitrogen and oxygen atoms in total. The van der Waals surface area contributed by atoms with Crippen molar-refractivity contribution < 1.29 is 5.11 Å². The van der Waals surface area contributed by atoms with Crippen LogP contribution < -0.4 is 0 Å². The van der Waals surface area contributed by atoms with Crippen LogP contribution in [0.25, 0.3) is 0 Å². The number of rotatable bonds is 3. The highest BCUT2D eigenvalue weighted by Gasteiger charge is 2.32. The maximum atomic E-state index is 10.9. The maximum Gasteiger partial charge on any atom is 0.0688 e. The number of halogens is 1. The first-order valence-corrected chi connectivity index (χ1v) is 8.25. The Morgan fingerprint density at radius 2 is 2.05 bits per heavy atom. The van der Waals surface area contributed by atoms with Crippen molar-refractivity contribution in [2.75, 3.05) is 0 Å². The van der Waals surface area contributed by atoms with Crippen LogP contribution in [0.15, 0.2) is 18.2 Å². The van der Waals surface area contributed by atoms with E-state index in [-0.39, 0.29) is 0 Å². The molecule has 112 valence electrons. The van der Waals surface area contributed by atoms with Crippen molar-refractivity contribution in [2.24, 2.45) is 11.8 Å². The summed E-state index contributed by atoms with van der Waals surface area (Å²) in [6.45, 7) is 6.64. The Morgan fingerprint density at radius 3 is 2.70 bits per heavy atom. The molecule has 0 spiro atoms. The van der Waals surface area contributed by atoms with Gasteiger partial charge in [0, 0.05) is 11.4 Å². The first-order valence-electron chi connectivity index (χ1n) is 7.87. The molecule has 2 rings (SSSR count). The van der Waals surface area contributed by atoms with Gasteiger partial charge >= 0.3 is 0 Å². The van der Waals surface area contributed by atoms with Crippen molar-refractivity contribution >= 4 is 11.6 Å². The third-order valence-corrected chi connectivity index (χ3v) is 5.22. The van der Waals surface area contributed by atoms with Gasteiger partial charge in [0.25, 0.3) is 0 Å². The number of aliphatic hydroxyl groups is 1. The van der Waals surface area contributed by atoms with Crippen LogP contribution in [0.2, 0.25) is 5.02 Å². The topological polar surface area (TPSA) is 20.2 Å². The van der Waals surface area contributed by atoms with Gasteiger partial charge in [-0.2, -0.15) is 0 Å². The fraction of sp³-hybridized carbons (Fsp3) is 0.667. The van der Waals surface area contributed by atoms with Gasteiger partial charge in [0.15, 0.2) is 0 Å². The molecule has 1 N–H and O–H groups in total. The number of benzene rings is 1. The second-order valence-corrected chi connectivity index (χ2v) is 7.34. The SMILES string of the molecule is Cc1ccc(CC2(O)CCCC(C(C)C)CC2)c(Cl)c1. The van der Waals surface area contributed by atoms with Gasteiger partial charge < -0.3 is 5.11 Å². The van der Waals surface area contributed by atoms with E-state index in [1.54, 1.807) is 0 Å². The standard InChI is InChI=1S/C18H27ClO/c1-13(2)15-5-4-9-18(20,10-8-15)12-16-7-6-14(3)11-17(16)19/h6-7,11,13,15,20H,4-5,8-10,12H2,1-3H3. The van der Waals surface area contributed by atoms with Crippen LogP contribution in [0.1, 0.15) is 57.1 Å². The van der Waals surface area contributed by atoms with Crippen molar-refractivity contribution in [2.45, 2.75) is 64.9 Å². The van der Waals surface area contributed by atoms with Gasteiger partial charge in [0.1, 0.15) is 0 Å². The second kappa shape index (κ2) is 6.49.